The maximum absolute atomic E-state index is 13.0. The zero-order chi connectivity index (χ0) is 18.4. The van der Waals surface area contributed by atoms with Gasteiger partial charge in [-0.25, -0.2) is 0 Å². The summed E-state index contributed by atoms with van der Waals surface area (Å²) in [6, 6.07) is 7.81. The third-order valence-corrected chi connectivity index (χ3v) is 6.03. The summed E-state index contributed by atoms with van der Waals surface area (Å²) in [7, 11) is 0. The molecule has 3 aromatic heterocycles. The topological polar surface area (TPSA) is 71.2 Å². The molecule has 2 aliphatic rings. The van der Waals surface area contributed by atoms with Crippen molar-refractivity contribution in [2.24, 2.45) is 0 Å². The van der Waals surface area contributed by atoms with Gasteiger partial charge < -0.3 is 14.6 Å². The van der Waals surface area contributed by atoms with Crippen LogP contribution in [0.2, 0.25) is 0 Å². The van der Waals surface area contributed by atoms with E-state index in [-0.39, 0.29) is 18.0 Å². The van der Waals surface area contributed by atoms with E-state index >= 15 is 0 Å². The molecule has 5 heterocycles. The molecule has 138 valence electrons. The van der Waals surface area contributed by atoms with Crippen LogP contribution in [0.5, 0.6) is 0 Å². The molecule has 27 heavy (non-hydrogen) atoms. The summed E-state index contributed by atoms with van der Waals surface area (Å²) in [5, 5.41) is 12.5. The highest BCUT2D eigenvalue weighted by atomic mass is 16.3. The van der Waals surface area contributed by atoms with Gasteiger partial charge in [0, 0.05) is 42.3 Å². The van der Waals surface area contributed by atoms with Gasteiger partial charge in [-0.05, 0) is 49.9 Å². The molecule has 2 aliphatic heterocycles. The fourth-order valence-corrected chi connectivity index (χ4v) is 4.90. The van der Waals surface area contributed by atoms with Crippen molar-refractivity contribution in [3.05, 3.63) is 60.8 Å². The van der Waals surface area contributed by atoms with Gasteiger partial charge in [0.1, 0.15) is 0 Å². The zero-order valence-electron chi connectivity index (χ0n) is 15.0. The predicted octanol–water partition coefficient (Wildman–Crippen LogP) is 2.63. The third-order valence-electron chi connectivity index (χ3n) is 6.03. The lowest BCUT2D eigenvalue weighted by Gasteiger charge is -2.44. The summed E-state index contributed by atoms with van der Waals surface area (Å²) < 4.78 is 2.08. The molecule has 0 saturated carbocycles. The monoisotopic (exact) mass is 362 g/mol. The number of carbonyl (C=O) groups is 1. The number of rotatable bonds is 3. The molecule has 5 rings (SSSR count). The number of nitrogens with zero attached hydrogens (tertiary/aromatic N) is 4. The first kappa shape index (κ1) is 16.4. The van der Waals surface area contributed by atoms with E-state index in [1.54, 1.807) is 24.7 Å². The lowest BCUT2D eigenvalue weighted by atomic mass is 9.85. The molecule has 3 aromatic rings. The van der Waals surface area contributed by atoms with Crippen LogP contribution in [0.1, 0.15) is 36.0 Å². The van der Waals surface area contributed by atoms with Crippen LogP contribution in [-0.2, 0) is 6.54 Å². The lowest BCUT2D eigenvalue weighted by Crippen LogP contribution is -2.54. The van der Waals surface area contributed by atoms with E-state index in [9.17, 15) is 9.90 Å². The van der Waals surface area contributed by atoms with Gasteiger partial charge in [0.05, 0.1) is 29.4 Å². The highest BCUT2D eigenvalue weighted by molar-refractivity contribution is 5.94. The second kappa shape index (κ2) is 6.16. The molecule has 3 atom stereocenters. The Morgan fingerprint density at radius 1 is 1.11 bits per heavy atom. The summed E-state index contributed by atoms with van der Waals surface area (Å²) >= 11 is 0. The van der Waals surface area contributed by atoms with Gasteiger partial charge in [0.25, 0.3) is 5.91 Å². The number of aromatic nitrogens is 3. The van der Waals surface area contributed by atoms with Gasteiger partial charge in [0.15, 0.2) is 0 Å². The maximum atomic E-state index is 13.0. The smallest absolute Gasteiger partial charge is 0.255 e. The molecule has 1 unspecified atom stereocenters. The summed E-state index contributed by atoms with van der Waals surface area (Å²) in [4.78, 5) is 23.2. The Hall–Kier alpha value is -2.73. The molecule has 6 nitrogen and oxygen atoms in total. The van der Waals surface area contributed by atoms with Crippen LogP contribution in [0, 0.1) is 0 Å². The van der Waals surface area contributed by atoms with E-state index in [0.29, 0.717) is 24.9 Å². The Morgan fingerprint density at radius 2 is 1.89 bits per heavy atom. The summed E-state index contributed by atoms with van der Waals surface area (Å²) in [6.07, 6.45) is 12.1. The van der Waals surface area contributed by atoms with Crippen LogP contribution in [0.25, 0.3) is 10.9 Å². The minimum atomic E-state index is -0.806. The van der Waals surface area contributed by atoms with Crippen LogP contribution in [0.15, 0.2) is 55.2 Å². The van der Waals surface area contributed by atoms with E-state index < -0.39 is 5.60 Å². The molecule has 2 saturated heterocycles. The Labute approximate surface area is 157 Å². The fourth-order valence-electron chi connectivity index (χ4n) is 4.90. The average molecular weight is 362 g/mol. The number of aliphatic hydroxyl groups is 1. The minimum absolute atomic E-state index is 0.0354. The van der Waals surface area contributed by atoms with Crippen LogP contribution in [0.3, 0.4) is 0 Å². The van der Waals surface area contributed by atoms with E-state index in [4.69, 9.17) is 0 Å². The molecule has 6 heteroatoms. The number of hydrogen-bond donors (Lipinski definition) is 1. The lowest BCUT2D eigenvalue weighted by molar-refractivity contribution is -0.0533. The quantitative estimate of drug-likeness (QED) is 0.777. The molecule has 2 bridgehead atoms. The first-order valence-corrected chi connectivity index (χ1v) is 9.47. The number of carbonyl (C=O) groups excluding carboxylic acids is 1. The minimum Gasteiger partial charge on any atom is -0.388 e. The largest absolute Gasteiger partial charge is 0.388 e. The Morgan fingerprint density at radius 3 is 2.63 bits per heavy atom. The van der Waals surface area contributed by atoms with Gasteiger partial charge in [-0.2, -0.15) is 0 Å². The first-order valence-electron chi connectivity index (χ1n) is 9.47. The molecule has 1 N–H and O–H groups in total. The molecular weight excluding hydrogens is 340 g/mol. The van der Waals surface area contributed by atoms with Gasteiger partial charge >= 0.3 is 0 Å². The van der Waals surface area contributed by atoms with Crippen molar-refractivity contribution >= 4 is 16.8 Å². The normalized spacial score (nSPS) is 27.2. The summed E-state index contributed by atoms with van der Waals surface area (Å²) in [6.45, 7) is 0.532. The molecule has 0 aromatic carbocycles. The van der Waals surface area contributed by atoms with Crippen molar-refractivity contribution in [2.75, 3.05) is 0 Å². The van der Waals surface area contributed by atoms with E-state index in [2.05, 4.69) is 20.6 Å². The van der Waals surface area contributed by atoms with Crippen molar-refractivity contribution in [3.63, 3.8) is 0 Å². The van der Waals surface area contributed by atoms with E-state index in [0.717, 1.165) is 23.7 Å². The van der Waals surface area contributed by atoms with Gasteiger partial charge in [-0.1, -0.05) is 0 Å². The number of amides is 1. The van der Waals surface area contributed by atoms with E-state index in [1.165, 1.54) is 0 Å². The number of fused-ring (bicyclic) bond motifs is 3. The standard InChI is InChI=1S/C21H22N4O2/c26-20(16-2-1-7-22-12-16)25-17-3-4-18(25)11-21(27,10-17)14-24-9-6-15-5-8-23-13-19(15)24/h1-2,5-9,12-13,17-18,27H,3-4,10-11,14H2/t17-,18+,21?. The Bertz CT molecular complexity index is 970. The van der Waals surface area contributed by atoms with Crippen LogP contribution >= 0.6 is 0 Å². The molecule has 0 spiro atoms. The van der Waals surface area contributed by atoms with Crippen LogP contribution in [0.4, 0.5) is 0 Å². The summed E-state index contributed by atoms with van der Waals surface area (Å²) in [5.41, 5.74) is 0.855. The maximum Gasteiger partial charge on any atom is 0.255 e. The predicted molar refractivity (Wildman–Crippen MR) is 101 cm³/mol. The molecule has 0 radical (unpaired) electrons. The molecule has 1 amide bonds. The molecule has 2 fully saturated rings. The van der Waals surface area contributed by atoms with Gasteiger partial charge in [0.2, 0.25) is 0 Å². The van der Waals surface area contributed by atoms with Crippen molar-refractivity contribution in [3.8, 4) is 0 Å². The fraction of sp³-hybridized carbons (Fsp3) is 0.381. The Kier molecular flexibility index (Phi) is 3.75. The second-order valence-electron chi connectivity index (χ2n) is 7.85. The van der Waals surface area contributed by atoms with Crippen LogP contribution < -0.4 is 0 Å². The van der Waals surface area contributed by atoms with Crippen LogP contribution in [-0.4, -0.2) is 48.1 Å². The third kappa shape index (κ3) is 2.80. The number of hydrogen-bond acceptors (Lipinski definition) is 4. The van der Waals surface area contributed by atoms with Crippen molar-refractivity contribution in [2.45, 2.75) is 49.9 Å². The highest BCUT2D eigenvalue weighted by Gasteiger charge is 2.49. The second-order valence-corrected chi connectivity index (χ2v) is 7.85. The summed E-state index contributed by atoms with van der Waals surface area (Å²) in [5.74, 6) is 0.0354. The number of piperidine rings is 1. The zero-order valence-corrected chi connectivity index (χ0v) is 15.0. The van der Waals surface area contributed by atoms with Crippen molar-refractivity contribution in [1.82, 2.24) is 19.4 Å². The number of pyridine rings is 2. The van der Waals surface area contributed by atoms with E-state index in [1.807, 2.05) is 29.4 Å². The average Bonchev–Trinajstić information content (AvgIpc) is 3.21. The molecule has 0 aliphatic carbocycles. The highest BCUT2D eigenvalue weighted by Crippen LogP contribution is 2.42. The van der Waals surface area contributed by atoms with Gasteiger partial charge in [-0.3, -0.25) is 14.8 Å². The Balaban J connectivity index is 1.38. The van der Waals surface area contributed by atoms with Gasteiger partial charge in [-0.15, -0.1) is 0 Å². The van der Waals surface area contributed by atoms with Crippen molar-refractivity contribution in [1.29, 1.82) is 0 Å². The van der Waals surface area contributed by atoms with Crippen molar-refractivity contribution < 1.29 is 9.90 Å². The molecular formula is C21H22N4O2. The SMILES string of the molecule is O=C(c1cccnc1)N1[C@@H]2CC[C@H]1CC(O)(Cn1ccc3ccncc31)C2. The first-order chi connectivity index (χ1) is 13.1.